The molecule has 0 atom stereocenters. The molecule has 0 bridgehead atoms. The maximum atomic E-state index is 15.8. The van der Waals surface area contributed by atoms with E-state index in [9.17, 15) is 0 Å². The fourth-order valence-electron chi connectivity index (χ4n) is 9.80. The second-order valence-corrected chi connectivity index (χ2v) is 22.7. The van der Waals surface area contributed by atoms with E-state index in [4.69, 9.17) is 56.8 Å². The predicted molar refractivity (Wildman–Crippen MR) is 365 cm³/mol. The Morgan fingerprint density at radius 2 is 0.302 bits per heavy atom. The molecule has 0 saturated heterocycles. The van der Waals surface area contributed by atoms with Crippen molar-refractivity contribution in [2.75, 3.05) is 39.6 Å². The van der Waals surface area contributed by atoms with Crippen LogP contribution in [-0.2, 0) is 0 Å². The van der Waals surface area contributed by atoms with Crippen LogP contribution in [0.4, 0.5) is 0 Å². The van der Waals surface area contributed by atoms with E-state index in [1.807, 2.05) is 0 Å². The van der Waals surface area contributed by atoms with Gasteiger partial charge in [0.1, 0.15) is 69.0 Å². The zero-order valence-electron chi connectivity index (χ0n) is 56.2. The molecule has 510 valence electrons. The van der Waals surface area contributed by atoms with Crippen LogP contribution in [0.5, 0.6) is 69.0 Å². The summed E-state index contributed by atoms with van der Waals surface area (Å²) in [4.78, 5) is 95.0. The van der Waals surface area contributed by atoms with Crippen LogP contribution < -0.4 is 56.8 Å². The first kappa shape index (κ1) is 73.6. The van der Waals surface area contributed by atoms with Crippen molar-refractivity contribution in [2.24, 2.45) is 0 Å². The average Bonchev–Trinajstić information content (AvgIpc) is 0.727. The second kappa shape index (κ2) is 40.4. The number of benzene rings is 7. The zero-order valence-corrected chi connectivity index (χ0v) is 56.2. The summed E-state index contributed by atoms with van der Waals surface area (Å²) in [5.74, 6) is -7.31. The molecule has 7 rings (SSSR count). The van der Waals surface area contributed by atoms with Gasteiger partial charge < -0.3 is 56.8 Å². The Hall–Kier alpha value is -9.84. The molecule has 0 fully saturated rings. The number of carbonyl (C=O) groups excluding carboxylic acids is 6. The minimum Gasteiger partial charge on any atom is -0.494 e. The fraction of sp³-hybridized carbons (Fsp3) is 0.385. The van der Waals surface area contributed by atoms with Crippen LogP contribution in [0.2, 0.25) is 0 Å². The van der Waals surface area contributed by atoms with E-state index in [1.165, 1.54) is 72.8 Å². The lowest BCUT2D eigenvalue weighted by atomic mass is 9.85. The number of rotatable bonds is 42. The van der Waals surface area contributed by atoms with Gasteiger partial charge >= 0.3 is 35.8 Å². The highest BCUT2D eigenvalue weighted by Gasteiger charge is 2.44. The summed E-state index contributed by atoms with van der Waals surface area (Å²) in [6, 6.07) is 35.5. The van der Waals surface area contributed by atoms with Gasteiger partial charge in [-0.25, -0.2) is 28.8 Å². The minimum absolute atomic E-state index is 0.146. The molecule has 96 heavy (non-hydrogen) atoms. The van der Waals surface area contributed by atoms with E-state index in [2.05, 4.69) is 41.5 Å². The quantitative estimate of drug-likeness (QED) is 0.0198. The molecule has 0 amide bonds. The molecule has 0 aliphatic heterocycles. The average molecular weight is 1320 g/mol. The van der Waals surface area contributed by atoms with Gasteiger partial charge in [0.15, 0.2) is 0 Å². The number of esters is 6. The number of unbranched alkanes of at least 4 members (excludes halogenated alkanes) is 12. The van der Waals surface area contributed by atoms with Crippen LogP contribution in [0.1, 0.15) is 219 Å². The summed E-state index contributed by atoms with van der Waals surface area (Å²) in [5, 5.41) is 0. The summed E-state index contributed by atoms with van der Waals surface area (Å²) in [5.41, 5.74) is -6.48. The maximum Gasteiger partial charge on any atom is 0.345 e. The summed E-state index contributed by atoms with van der Waals surface area (Å²) < 4.78 is 72.3. The normalized spacial score (nSPS) is 10.8. The number of hydrogen-bond acceptors (Lipinski definition) is 18. The highest BCUT2D eigenvalue weighted by atomic mass is 16.6. The lowest BCUT2D eigenvalue weighted by Gasteiger charge is -2.22. The van der Waals surface area contributed by atoms with Crippen LogP contribution in [0.15, 0.2) is 146 Å². The fourth-order valence-corrected chi connectivity index (χ4v) is 9.80. The van der Waals surface area contributed by atoms with Gasteiger partial charge in [-0.05, 0) is 184 Å². The van der Waals surface area contributed by atoms with E-state index in [0.29, 0.717) is 74.1 Å². The molecule has 0 aromatic heterocycles. The topological polar surface area (TPSA) is 213 Å². The van der Waals surface area contributed by atoms with Crippen molar-refractivity contribution in [2.45, 2.75) is 157 Å². The zero-order chi connectivity index (χ0) is 68.3. The Morgan fingerprint density at radius 3 is 0.417 bits per heavy atom. The third kappa shape index (κ3) is 23.3. The van der Waals surface area contributed by atoms with Crippen LogP contribution in [0.3, 0.4) is 0 Å². The summed E-state index contributed by atoms with van der Waals surface area (Å²) in [6.45, 7) is 14.9. The van der Waals surface area contributed by atoms with E-state index < -0.39 is 69.2 Å². The molecule has 7 aromatic rings. The Bertz CT molecular complexity index is 2920. The molecule has 18 heteroatoms. The first-order chi connectivity index (χ1) is 46.9. The van der Waals surface area contributed by atoms with Crippen molar-refractivity contribution in [3.8, 4) is 69.0 Å². The highest BCUT2D eigenvalue weighted by molar-refractivity contribution is 6.25. The molecule has 0 saturated carbocycles. The van der Waals surface area contributed by atoms with Crippen LogP contribution in [0.25, 0.3) is 0 Å². The number of carbonyl (C=O) groups is 6. The summed E-state index contributed by atoms with van der Waals surface area (Å²) in [7, 11) is 0. The Balaban J connectivity index is 1.52. The van der Waals surface area contributed by atoms with Crippen molar-refractivity contribution >= 4 is 35.8 Å². The molecule has 18 nitrogen and oxygen atoms in total. The molecule has 0 radical (unpaired) electrons. The first-order valence-corrected chi connectivity index (χ1v) is 33.8. The van der Waals surface area contributed by atoms with Gasteiger partial charge in [0.05, 0.1) is 73.0 Å². The number of ether oxygens (including phenoxy) is 12. The largest absolute Gasteiger partial charge is 0.494 e. The molecule has 7 aromatic carbocycles. The van der Waals surface area contributed by atoms with Crippen LogP contribution >= 0.6 is 0 Å². The maximum absolute atomic E-state index is 15.8. The smallest absolute Gasteiger partial charge is 0.345 e. The second-order valence-electron chi connectivity index (χ2n) is 22.7. The summed E-state index contributed by atoms with van der Waals surface area (Å²) >= 11 is 0. The molecule has 0 heterocycles. The molecule has 0 N–H and O–H groups in total. The molecule has 0 unspecified atom stereocenters. The third-order valence-corrected chi connectivity index (χ3v) is 15.0. The van der Waals surface area contributed by atoms with Gasteiger partial charge in [-0.15, -0.1) is 0 Å². The van der Waals surface area contributed by atoms with E-state index in [0.717, 1.165) is 116 Å². The molecule has 0 aliphatic carbocycles. The minimum atomic E-state index is -1.51. The first-order valence-electron chi connectivity index (χ1n) is 33.8. The lowest BCUT2D eigenvalue weighted by Crippen LogP contribution is -2.34. The van der Waals surface area contributed by atoms with Gasteiger partial charge in [-0.3, -0.25) is 0 Å². The third-order valence-electron chi connectivity index (χ3n) is 15.0. The van der Waals surface area contributed by atoms with Crippen LogP contribution in [0, 0.1) is 0 Å². The van der Waals surface area contributed by atoms with Crippen molar-refractivity contribution in [3.63, 3.8) is 0 Å². The summed E-state index contributed by atoms with van der Waals surface area (Å²) in [6.07, 6.45) is 16.2. The SMILES string of the molecule is CCCCCOc1ccc(OC(=O)c2c(C(=O)Oc3ccc(OCCCCC)cc3)c(C(=O)Oc3ccc(OCCCCC)cc3)c(C(=O)Oc3ccc(OCCCCC)cc3)c(C(=O)Oc3ccc(OCCCCC)cc3)c2C(=O)Oc2ccc(OCCCCC)cc2)cc1. The van der Waals surface area contributed by atoms with Crippen molar-refractivity contribution < 1.29 is 85.6 Å². The monoisotopic (exact) mass is 1310 g/mol. The molecule has 0 aliphatic rings. The van der Waals surface area contributed by atoms with E-state index in [-0.39, 0.29) is 34.5 Å². The molecular weight excluding hydrogens is 1220 g/mol. The van der Waals surface area contributed by atoms with Gasteiger partial charge in [0, 0.05) is 0 Å². The van der Waals surface area contributed by atoms with Crippen molar-refractivity contribution in [3.05, 3.63) is 179 Å². The predicted octanol–water partition coefficient (Wildman–Crippen LogP) is 18.4. The van der Waals surface area contributed by atoms with Gasteiger partial charge in [-0.1, -0.05) is 119 Å². The molecular formula is C78H90O18. The van der Waals surface area contributed by atoms with Crippen molar-refractivity contribution in [1.29, 1.82) is 0 Å². The van der Waals surface area contributed by atoms with Crippen molar-refractivity contribution in [1.82, 2.24) is 0 Å². The highest BCUT2D eigenvalue weighted by Crippen LogP contribution is 2.37. The van der Waals surface area contributed by atoms with E-state index in [1.54, 1.807) is 72.8 Å². The Kier molecular flexibility index (Phi) is 31.0. The number of hydrogen-bond donors (Lipinski definition) is 0. The Morgan fingerprint density at radius 1 is 0.188 bits per heavy atom. The van der Waals surface area contributed by atoms with Gasteiger partial charge in [-0.2, -0.15) is 0 Å². The van der Waals surface area contributed by atoms with Crippen LogP contribution in [-0.4, -0.2) is 75.5 Å². The van der Waals surface area contributed by atoms with Gasteiger partial charge in [0.2, 0.25) is 0 Å². The van der Waals surface area contributed by atoms with E-state index >= 15 is 28.8 Å². The standard InChI is InChI=1S/C78H90O18/c1-7-13-19-49-85-55-25-37-61(38-26-55)91-73(79)67-68(74(80)92-62-39-27-56(28-40-62)86-50-20-14-8-2)70(76(82)94-64-43-31-58(32-44-64)88-52-22-16-10-4)72(78(84)96-66-47-35-60(36-48-66)90-54-24-18-12-6)71(77(83)95-65-45-33-59(34-46-65)89-53-23-17-11-5)69(67)75(81)93-63-41-29-57(30-42-63)87-51-21-15-9-3/h25-48H,7-24,49-54H2,1-6H3. The van der Waals surface area contributed by atoms with Gasteiger partial charge in [0.25, 0.3) is 0 Å². The molecule has 0 spiro atoms. The lowest BCUT2D eigenvalue weighted by molar-refractivity contribution is 0.0635. The Labute approximate surface area is 563 Å².